The lowest BCUT2D eigenvalue weighted by molar-refractivity contribution is 0.155. The SMILES string of the molecule is CCNC(=NCCS(=O)C(C)(C)C)NC1CCN(CCCOC)CC1.I. The molecule has 0 aromatic heterocycles. The summed E-state index contributed by atoms with van der Waals surface area (Å²) >= 11 is 0. The van der Waals surface area contributed by atoms with Crippen LogP contribution in [-0.4, -0.2) is 78.1 Å². The molecule has 1 rings (SSSR count). The van der Waals surface area contributed by atoms with Crippen LogP contribution in [0.4, 0.5) is 0 Å². The van der Waals surface area contributed by atoms with Crippen LogP contribution in [0.5, 0.6) is 0 Å². The van der Waals surface area contributed by atoms with Gasteiger partial charge in [-0.1, -0.05) is 0 Å². The number of rotatable bonds is 9. The molecule has 156 valence electrons. The number of piperidine rings is 1. The van der Waals surface area contributed by atoms with Crippen molar-refractivity contribution >= 4 is 40.7 Å². The Hall–Kier alpha value is 0.0700. The smallest absolute Gasteiger partial charge is 0.191 e. The summed E-state index contributed by atoms with van der Waals surface area (Å²) in [6.45, 7) is 13.7. The summed E-state index contributed by atoms with van der Waals surface area (Å²) < 4.78 is 17.1. The summed E-state index contributed by atoms with van der Waals surface area (Å²) in [5, 5.41) is 6.85. The Morgan fingerprint density at radius 2 is 1.96 bits per heavy atom. The third-order valence-corrected chi connectivity index (χ3v) is 6.24. The first-order valence-corrected chi connectivity index (χ1v) is 10.8. The zero-order chi connectivity index (χ0) is 18.7. The van der Waals surface area contributed by atoms with Crippen LogP contribution >= 0.6 is 24.0 Å². The van der Waals surface area contributed by atoms with Gasteiger partial charge in [0.15, 0.2) is 5.96 Å². The minimum absolute atomic E-state index is 0. The molecule has 1 fully saturated rings. The molecular formula is C18H39IN4O2S. The van der Waals surface area contributed by atoms with E-state index in [1.807, 2.05) is 20.8 Å². The minimum Gasteiger partial charge on any atom is -0.385 e. The van der Waals surface area contributed by atoms with E-state index in [1.165, 1.54) is 0 Å². The second kappa shape index (κ2) is 14.1. The average molecular weight is 503 g/mol. The van der Waals surface area contributed by atoms with Crippen molar-refractivity contribution in [1.29, 1.82) is 0 Å². The van der Waals surface area contributed by atoms with Gasteiger partial charge in [-0.25, -0.2) is 0 Å². The van der Waals surface area contributed by atoms with Crippen molar-refractivity contribution in [1.82, 2.24) is 15.5 Å². The third-order valence-electron chi connectivity index (χ3n) is 4.33. The first-order valence-electron chi connectivity index (χ1n) is 9.51. The minimum atomic E-state index is -0.853. The molecule has 1 atom stereocenters. The van der Waals surface area contributed by atoms with Crippen molar-refractivity contribution in [3.05, 3.63) is 0 Å². The summed E-state index contributed by atoms with van der Waals surface area (Å²) in [7, 11) is 0.906. The third kappa shape index (κ3) is 11.0. The number of aliphatic imine (C=N–C) groups is 1. The van der Waals surface area contributed by atoms with E-state index >= 15 is 0 Å². The zero-order valence-electron chi connectivity index (χ0n) is 17.2. The normalized spacial score (nSPS) is 18.3. The molecule has 1 aliphatic heterocycles. The van der Waals surface area contributed by atoms with Crippen LogP contribution in [-0.2, 0) is 15.5 Å². The molecule has 0 bridgehead atoms. The highest BCUT2D eigenvalue weighted by atomic mass is 127. The van der Waals surface area contributed by atoms with Crippen molar-refractivity contribution in [2.45, 2.75) is 57.7 Å². The maximum atomic E-state index is 12.1. The maximum Gasteiger partial charge on any atom is 0.191 e. The molecule has 0 radical (unpaired) electrons. The van der Waals surface area contributed by atoms with Gasteiger partial charge in [-0.2, -0.15) is 0 Å². The average Bonchev–Trinajstić information content (AvgIpc) is 2.56. The second-order valence-electron chi connectivity index (χ2n) is 7.53. The summed E-state index contributed by atoms with van der Waals surface area (Å²) in [5.41, 5.74) is 0. The molecule has 1 unspecified atom stereocenters. The molecule has 0 aliphatic carbocycles. The maximum absolute atomic E-state index is 12.1. The molecule has 6 nitrogen and oxygen atoms in total. The van der Waals surface area contributed by atoms with E-state index in [9.17, 15) is 4.21 Å². The van der Waals surface area contributed by atoms with Crippen LogP contribution in [0.15, 0.2) is 4.99 Å². The van der Waals surface area contributed by atoms with Crippen LogP contribution in [0.25, 0.3) is 0 Å². The molecule has 0 aromatic carbocycles. The predicted molar refractivity (Wildman–Crippen MR) is 123 cm³/mol. The molecule has 0 aromatic rings. The number of nitrogens with zero attached hydrogens (tertiary/aromatic N) is 2. The molecule has 0 spiro atoms. The first-order chi connectivity index (χ1) is 11.9. The molecule has 26 heavy (non-hydrogen) atoms. The highest BCUT2D eigenvalue weighted by Crippen LogP contribution is 2.12. The van der Waals surface area contributed by atoms with Crippen molar-refractivity contribution in [2.75, 3.05) is 52.2 Å². The Balaban J connectivity index is 0.00000625. The van der Waals surface area contributed by atoms with Gasteiger partial charge in [0.1, 0.15) is 0 Å². The number of methoxy groups -OCH3 is 1. The van der Waals surface area contributed by atoms with E-state index in [-0.39, 0.29) is 28.7 Å². The van der Waals surface area contributed by atoms with Crippen LogP contribution < -0.4 is 10.6 Å². The molecule has 1 aliphatic rings. The number of ether oxygens (including phenoxy) is 1. The fourth-order valence-corrected chi connectivity index (χ4v) is 3.66. The van der Waals surface area contributed by atoms with Crippen molar-refractivity contribution in [3.8, 4) is 0 Å². The zero-order valence-corrected chi connectivity index (χ0v) is 20.3. The lowest BCUT2D eigenvalue weighted by Crippen LogP contribution is -2.49. The lowest BCUT2D eigenvalue weighted by Gasteiger charge is -2.33. The molecule has 1 saturated heterocycles. The number of guanidine groups is 1. The highest BCUT2D eigenvalue weighted by Gasteiger charge is 2.20. The second-order valence-corrected chi connectivity index (χ2v) is 9.85. The van der Waals surface area contributed by atoms with Gasteiger partial charge in [0, 0.05) is 67.2 Å². The van der Waals surface area contributed by atoms with Gasteiger partial charge in [-0.05, 0) is 47.0 Å². The topological polar surface area (TPSA) is 66.0 Å². The Kier molecular flexibility index (Phi) is 14.2. The van der Waals surface area contributed by atoms with Crippen LogP contribution in [0.1, 0.15) is 47.0 Å². The number of hydrogen-bond acceptors (Lipinski definition) is 4. The Labute approximate surface area is 179 Å². The van der Waals surface area contributed by atoms with E-state index in [0.29, 0.717) is 18.3 Å². The van der Waals surface area contributed by atoms with Gasteiger partial charge in [0.25, 0.3) is 0 Å². The van der Waals surface area contributed by atoms with Crippen molar-refractivity contribution in [2.24, 2.45) is 4.99 Å². The highest BCUT2D eigenvalue weighted by molar-refractivity contribution is 14.0. The molecular weight excluding hydrogens is 463 g/mol. The van der Waals surface area contributed by atoms with E-state index in [0.717, 1.165) is 58.0 Å². The number of nitrogens with one attached hydrogen (secondary N) is 2. The first kappa shape index (κ1) is 26.1. The monoisotopic (exact) mass is 502 g/mol. The predicted octanol–water partition coefficient (Wildman–Crippen LogP) is 2.21. The fraction of sp³-hybridized carbons (Fsp3) is 0.944. The van der Waals surface area contributed by atoms with Crippen molar-refractivity contribution < 1.29 is 8.95 Å². The van der Waals surface area contributed by atoms with Gasteiger partial charge >= 0.3 is 0 Å². The largest absolute Gasteiger partial charge is 0.385 e. The Bertz CT molecular complexity index is 422. The molecule has 1 heterocycles. The van der Waals surface area contributed by atoms with Gasteiger partial charge in [0.05, 0.1) is 6.54 Å². The quantitative estimate of drug-likeness (QED) is 0.219. The fourth-order valence-electron chi connectivity index (χ4n) is 2.79. The summed E-state index contributed by atoms with van der Waals surface area (Å²) in [6, 6.07) is 0.463. The standard InChI is InChI=1S/C18H38N4O2S.HI/c1-6-19-17(20-10-15-25(23)18(2,3)4)21-16-8-12-22(13-9-16)11-7-14-24-5;/h16H,6-15H2,1-5H3,(H2,19,20,21);1H. The van der Waals surface area contributed by atoms with Crippen LogP contribution in [0.3, 0.4) is 0 Å². The number of hydrogen-bond donors (Lipinski definition) is 2. The molecule has 0 amide bonds. The van der Waals surface area contributed by atoms with E-state index in [4.69, 9.17) is 4.74 Å². The van der Waals surface area contributed by atoms with Gasteiger partial charge in [-0.3, -0.25) is 9.20 Å². The van der Waals surface area contributed by atoms with E-state index < -0.39 is 10.8 Å². The molecule has 2 N–H and O–H groups in total. The van der Waals surface area contributed by atoms with Gasteiger partial charge < -0.3 is 20.3 Å². The summed E-state index contributed by atoms with van der Waals surface area (Å²) in [4.78, 5) is 7.12. The van der Waals surface area contributed by atoms with Crippen LogP contribution in [0, 0.1) is 0 Å². The summed E-state index contributed by atoms with van der Waals surface area (Å²) in [5.74, 6) is 1.46. The number of halogens is 1. The number of likely N-dealkylation sites (tertiary alicyclic amines) is 1. The van der Waals surface area contributed by atoms with Crippen molar-refractivity contribution in [3.63, 3.8) is 0 Å². The molecule has 0 saturated carbocycles. The van der Waals surface area contributed by atoms with Gasteiger partial charge in [0.2, 0.25) is 0 Å². The van der Waals surface area contributed by atoms with E-state index in [1.54, 1.807) is 7.11 Å². The van der Waals surface area contributed by atoms with E-state index in [2.05, 4.69) is 27.4 Å². The molecule has 8 heteroatoms. The lowest BCUT2D eigenvalue weighted by atomic mass is 10.1. The Morgan fingerprint density at radius 3 is 2.50 bits per heavy atom. The van der Waals surface area contributed by atoms with Crippen LogP contribution in [0.2, 0.25) is 0 Å². The van der Waals surface area contributed by atoms with Gasteiger partial charge in [-0.15, -0.1) is 24.0 Å². The Morgan fingerprint density at radius 1 is 1.31 bits per heavy atom. The summed E-state index contributed by atoms with van der Waals surface area (Å²) in [6.07, 6.45) is 3.36.